The van der Waals surface area contributed by atoms with Crippen LogP contribution in [0.15, 0.2) is 42.6 Å². The van der Waals surface area contributed by atoms with E-state index in [2.05, 4.69) is 58.1 Å². The number of rotatable bonds is 5. The van der Waals surface area contributed by atoms with Crippen molar-refractivity contribution < 1.29 is 0 Å². The second kappa shape index (κ2) is 9.08. The minimum atomic E-state index is 0.0979. The highest BCUT2D eigenvalue weighted by Gasteiger charge is 2.20. The number of pyridine rings is 1. The quantitative estimate of drug-likeness (QED) is 0.412. The molecule has 34 heavy (non-hydrogen) atoms. The van der Waals surface area contributed by atoms with Crippen molar-refractivity contribution in [2.45, 2.75) is 19.9 Å². The lowest BCUT2D eigenvalue weighted by Crippen LogP contribution is -2.44. The zero-order chi connectivity index (χ0) is 23.8. The number of halogens is 1. The van der Waals surface area contributed by atoms with Gasteiger partial charge in [-0.2, -0.15) is 9.97 Å². The summed E-state index contributed by atoms with van der Waals surface area (Å²) >= 11 is 5.97. The number of imidazole rings is 1. The molecule has 10 heteroatoms. The van der Waals surface area contributed by atoms with Gasteiger partial charge in [-0.05, 0) is 57.3 Å². The Kier molecular flexibility index (Phi) is 5.97. The molecule has 3 aromatic heterocycles. The first kappa shape index (κ1) is 22.4. The van der Waals surface area contributed by atoms with Crippen LogP contribution < -0.4 is 16.0 Å². The lowest BCUT2D eigenvalue weighted by molar-refractivity contribution is 0.313. The highest BCUT2D eigenvalue weighted by atomic mass is 35.5. The Labute approximate surface area is 203 Å². The van der Waals surface area contributed by atoms with Gasteiger partial charge in [0.15, 0.2) is 17.0 Å². The average Bonchev–Trinajstić information content (AvgIpc) is 3.21. The number of aromatic nitrogens is 5. The number of hydrogen-bond acceptors (Lipinski definition) is 8. The van der Waals surface area contributed by atoms with Crippen molar-refractivity contribution in [1.82, 2.24) is 29.4 Å². The first-order valence-corrected chi connectivity index (χ1v) is 11.7. The Morgan fingerprint density at radius 2 is 1.71 bits per heavy atom. The van der Waals surface area contributed by atoms with Crippen LogP contribution in [0.5, 0.6) is 0 Å². The molecule has 0 unspecified atom stereocenters. The van der Waals surface area contributed by atoms with Crippen LogP contribution in [0.2, 0.25) is 5.15 Å². The molecule has 1 aliphatic heterocycles. The number of nitrogens with one attached hydrogen (secondary N) is 1. The van der Waals surface area contributed by atoms with Crippen LogP contribution >= 0.6 is 11.6 Å². The topological polar surface area (TPSA) is 101 Å². The van der Waals surface area contributed by atoms with E-state index in [1.807, 2.05) is 22.8 Å². The van der Waals surface area contributed by atoms with Crippen LogP contribution in [0.4, 0.5) is 23.1 Å². The summed E-state index contributed by atoms with van der Waals surface area (Å²) in [5, 5.41) is 3.73. The van der Waals surface area contributed by atoms with Gasteiger partial charge in [-0.1, -0.05) is 11.6 Å². The van der Waals surface area contributed by atoms with Gasteiger partial charge in [0.2, 0.25) is 5.95 Å². The van der Waals surface area contributed by atoms with Crippen LogP contribution in [0.1, 0.15) is 19.9 Å². The molecule has 0 atom stereocenters. The molecule has 0 aliphatic carbocycles. The van der Waals surface area contributed by atoms with Gasteiger partial charge in [-0.3, -0.25) is 0 Å². The fourth-order valence-electron chi connectivity index (χ4n) is 4.20. The van der Waals surface area contributed by atoms with Crippen LogP contribution in [0.3, 0.4) is 0 Å². The van der Waals surface area contributed by atoms with Crippen molar-refractivity contribution in [1.29, 1.82) is 0 Å². The number of anilines is 4. The van der Waals surface area contributed by atoms with Crippen molar-refractivity contribution in [2.75, 3.05) is 49.2 Å². The fourth-order valence-corrected chi connectivity index (χ4v) is 4.31. The molecule has 0 amide bonds. The SMILES string of the molecule is CC(C)n1c(-c2ccc(Cl)nc2)nc2c(N)nc(Nc3ccc(N4CCN(C)CC4)cc3)nc21. The first-order valence-electron chi connectivity index (χ1n) is 11.4. The molecule has 9 nitrogen and oxygen atoms in total. The summed E-state index contributed by atoms with van der Waals surface area (Å²) in [6.07, 6.45) is 1.70. The van der Waals surface area contributed by atoms with Crippen LogP contribution in [-0.2, 0) is 0 Å². The summed E-state index contributed by atoms with van der Waals surface area (Å²) in [6, 6.07) is 12.1. The van der Waals surface area contributed by atoms with Gasteiger partial charge in [-0.15, -0.1) is 0 Å². The van der Waals surface area contributed by atoms with Gasteiger partial charge in [0, 0.05) is 55.4 Å². The van der Waals surface area contributed by atoms with E-state index in [0.717, 1.165) is 43.3 Å². The van der Waals surface area contributed by atoms with E-state index in [4.69, 9.17) is 27.3 Å². The van der Waals surface area contributed by atoms with Crippen LogP contribution in [0.25, 0.3) is 22.6 Å². The third-order valence-corrected chi connectivity index (χ3v) is 6.28. The molecular formula is C24H28ClN9. The predicted octanol–water partition coefficient (Wildman–Crippen LogP) is 4.20. The lowest BCUT2D eigenvalue weighted by Gasteiger charge is -2.34. The summed E-state index contributed by atoms with van der Waals surface area (Å²) in [7, 11) is 2.16. The molecule has 0 bridgehead atoms. The number of hydrogen-bond donors (Lipinski definition) is 2. The molecule has 0 radical (unpaired) electrons. The summed E-state index contributed by atoms with van der Waals surface area (Å²) < 4.78 is 2.04. The molecule has 5 rings (SSSR count). The van der Waals surface area contributed by atoms with Crippen molar-refractivity contribution in [3.05, 3.63) is 47.7 Å². The van der Waals surface area contributed by atoms with Crippen molar-refractivity contribution >= 4 is 45.9 Å². The van der Waals surface area contributed by atoms with Gasteiger partial charge in [-0.25, -0.2) is 9.97 Å². The summed E-state index contributed by atoms with van der Waals surface area (Å²) in [6.45, 7) is 8.37. The van der Waals surface area contributed by atoms with Gasteiger partial charge >= 0.3 is 0 Å². The minimum Gasteiger partial charge on any atom is -0.382 e. The Balaban J connectivity index is 1.45. The lowest BCUT2D eigenvalue weighted by atomic mass is 10.2. The van der Waals surface area contributed by atoms with E-state index >= 15 is 0 Å². The molecule has 1 fully saturated rings. The number of benzene rings is 1. The fraction of sp³-hybridized carbons (Fsp3) is 0.333. The van der Waals surface area contributed by atoms with E-state index in [9.17, 15) is 0 Å². The van der Waals surface area contributed by atoms with Gasteiger partial charge in [0.05, 0.1) is 0 Å². The maximum atomic E-state index is 6.31. The molecule has 3 N–H and O–H groups in total. The Morgan fingerprint density at radius 1 is 0.971 bits per heavy atom. The molecule has 176 valence electrons. The minimum absolute atomic E-state index is 0.0979. The summed E-state index contributed by atoms with van der Waals surface area (Å²) in [5.41, 5.74) is 10.5. The van der Waals surface area contributed by atoms with Crippen molar-refractivity contribution in [2.24, 2.45) is 0 Å². The number of nitrogens with zero attached hydrogens (tertiary/aromatic N) is 7. The van der Waals surface area contributed by atoms with Gasteiger partial charge in [0.25, 0.3) is 0 Å². The Bertz CT molecular complexity index is 1290. The number of nitrogens with two attached hydrogens (primary N) is 1. The van der Waals surface area contributed by atoms with E-state index < -0.39 is 0 Å². The van der Waals surface area contributed by atoms with E-state index in [1.54, 1.807) is 12.3 Å². The molecule has 4 heterocycles. The third kappa shape index (κ3) is 4.36. The van der Waals surface area contributed by atoms with E-state index in [1.165, 1.54) is 5.69 Å². The molecule has 0 saturated carbocycles. The largest absolute Gasteiger partial charge is 0.382 e. The van der Waals surface area contributed by atoms with Crippen LogP contribution in [-0.4, -0.2) is 62.6 Å². The second-order valence-corrected chi connectivity index (χ2v) is 9.22. The smallest absolute Gasteiger partial charge is 0.231 e. The van der Waals surface area contributed by atoms with Gasteiger partial charge in [0.1, 0.15) is 11.0 Å². The van der Waals surface area contributed by atoms with Crippen molar-refractivity contribution in [3.8, 4) is 11.4 Å². The first-order chi connectivity index (χ1) is 16.4. The molecular weight excluding hydrogens is 450 g/mol. The number of fused-ring (bicyclic) bond motifs is 1. The van der Waals surface area contributed by atoms with E-state index in [0.29, 0.717) is 28.1 Å². The second-order valence-electron chi connectivity index (χ2n) is 8.84. The highest BCUT2D eigenvalue weighted by molar-refractivity contribution is 6.29. The van der Waals surface area contributed by atoms with Gasteiger partial charge < -0.3 is 25.4 Å². The Morgan fingerprint density at radius 3 is 2.35 bits per heavy atom. The Hall–Kier alpha value is -3.43. The number of likely N-dealkylation sites (N-methyl/N-ethyl adjacent to an activating group) is 1. The van der Waals surface area contributed by atoms with Crippen LogP contribution in [0, 0.1) is 0 Å². The molecule has 1 aromatic carbocycles. The normalized spacial score (nSPS) is 14.8. The monoisotopic (exact) mass is 477 g/mol. The zero-order valence-corrected chi connectivity index (χ0v) is 20.3. The zero-order valence-electron chi connectivity index (χ0n) is 19.5. The predicted molar refractivity (Wildman–Crippen MR) is 138 cm³/mol. The van der Waals surface area contributed by atoms with Crippen molar-refractivity contribution in [3.63, 3.8) is 0 Å². The number of nitrogen functional groups attached to an aromatic ring is 1. The molecule has 4 aromatic rings. The average molecular weight is 478 g/mol. The number of piperazine rings is 1. The van der Waals surface area contributed by atoms with E-state index in [-0.39, 0.29) is 6.04 Å². The standard InChI is InChI=1S/C24H28ClN9/c1-15(2)34-22(16-4-9-19(25)27-14-16)29-20-21(26)30-24(31-23(20)34)28-17-5-7-18(8-6-17)33-12-10-32(3)11-13-33/h4-9,14-15H,10-13H2,1-3H3,(H3,26,28,30,31). The molecule has 1 aliphatic rings. The summed E-state index contributed by atoms with van der Waals surface area (Å²) in [4.78, 5) is 22.9. The third-order valence-electron chi connectivity index (χ3n) is 6.06. The maximum Gasteiger partial charge on any atom is 0.231 e. The molecule has 1 saturated heterocycles. The highest BCUT2D eigenvalue weighted by Crippen LogP contribution is 2.31. The summed E-state index contributed by atoms with van der Waals surface area (Å²) in [5.74, 6) is 1.48. The maximum absolute atomic E-state index is 6.31. The molecule has 0 spiro atoms.